The van der Waals surface area contributed by atoms with Crippen molar-refractivity contribution in [2.45, 2.75) is 40.2 Å². The predicted molar refractivity (Wildman–Crippen MR) is 54.3 cm³/mol. The van der Waals surface area contributed by atoms with Crippen molar-refractivity contribution >= 4 is 6.29 Å². The van der Waals surface area contributed by atoms with Gasteiger partial charge in [-0.1, -0.05) is 13.8 Å². The quantitative estimate of drug-likeness (QED) is 0.654. The summed E-state index contributed by atoms with van der Waals surface area (Å²) in [5.74, 6) is 0.479. The van der Waals surface area contributed by atoms with E-state index in [1.54, 1.807) is 0 Å². The lowest BCUT2D eigenvalue weighted by atomic mass is 10.1. The van der Waals surface area contributed by atoms with Crippen LogP contribution in [0.3, 0.4) is 0 Å². The fourth-order valence-electron chi connectivity index (χ4n) is 1.71. The van der Waals surface area contributed by atoms with E-state index in [0.29, 0.717) is 5.92 Å². The molecule has 1 aromatic rings. The Morgan fingerprint density at radius 3 is 2.46 bits per heavy atom. The standard InChI is InChI=1S/C11H17NO/c1-5-12-9(4)10(7-13)6-11(12)8(2)3/h6-8H,5H2,1-4H3. The van der Waals surface area contributed by atoms with Crippen LogP contribution in [-0.2, 0) is 6.54 Å². The zero-order valence-electron chi connectivity index (χ0n) is 8.79. The number of hydrogen-bond donors (Lipinski definition) is 0. The maximum Gasteiger partial charge on any atom is 0.151 e. The van der Waals surface area contributed by atoms with E-state index in [2.05, 4.69) is 25.3 Å². The van der Waals surface area contributed by atoms with Gasteiger partial charge in [-0.3, -0.25) is 4.79 Å². The van der Waals surface area contributed by atoms with Crippen LogP contribution in [0.1, 0.15) is 48.4 Å². The second-order valence-corrected chi connectivity index (χ2v) is 3.63. The zero-order chi connectivity index (χ0) is 10.0. The number of rotatable bonds is 3. The lowest BCUT2D eigenvalue weighted by molar-refractivity contribution is 0.112. The molecule has 0 aliphatic rings. The van der Waals surface area contributed by atoms with Crippen LogP contribution in [0, 0.1) is 6.92 Å². The molecule has 2 heteroatoms. The number of nitrogens with zero attached hydrogens (tertiary/aromatic N) is 1. The summed E-state index contributed by atoms with van der Waals surface area (Å²) in [5, 5.41) is 0. The highest BCUT2D eigenvalue weighted by molar-refractivity contribution is 5.77. The number of hydrogen-bond acceptors (Lipinski definition) is 1. The van der Waals surface area contributed by atoms with Crippen molar-refractivity contribution in [1.29, 1.82) is 0 Å². The van der Waals surface area contributed by atoms with Crippen molar-refractivity contribution in [3.05, 3.63) is 23.0 Å². The lowest BCUT2D eigenvalue weighted by Gasteiger charge is -2.11. The van der Waals surface area contributed by atoms with Crippen molar-refractivity contribution in [3.8, 4) is 0 Å². The van der Waals surface area contributed by atoms with Crippen LogP contribution < -0.4 is 0 Å². The zero-order valence-corrected chi connectivity index (χ0v) is 8.79. The third-order valence-corrected chi connectivity index (χ3v) is 2.47. The number of carbonyl (C=O) groups excluding carboxylic acids is 1. The first-order valence-electron chi connectivity index (χ1n) is 4.77. The molecule has 0 aliphatic carbocycles. The molecule has 0 fully saturated rings. The van der Waals surface area contributed by atoms with Gasteiger partial charge in [-0.25, -0.2) is 0 Å². The first-order chi connectivity index (χ1) is 6.11. The first-order valence-corrected chi connectivity index (χ1v) is 4.77. The van der Waals surface area contributed by atoms with Gasteiger partial charge >= 0.3 is 0 Å². The summed E-state index contributed by atoms with van der Waals surface area (Å²) in [6.07, 6.45) is 0.938. The van der Waals surface area contributed by atoms with Gasteiger partial charge in [0.05, 0.1) is 0 Å². The van der Waals surface area contributed by atoms with Gasteiger partial charge in [0.25, 0.3) is 0 Å². The molecule has 1 aromatic heterocycles. The molecule has 1 heterocycles. The van der Waals surface area contributed by atoms with E-state index < -0.39 is 0 Å². The molecule has 72 valence electrons. The van der Waals surface area contributed by atoms with Crippen LogP contribution in [0.5, 0.6) is 0 Å². The number of carbonyl (C=O) groups is 1. The second kappa shape index (κ2) is 3.77. The minimum Gasteiger partial charge on any atom is -0.348 e. The Morgan fingerprint density at radius 1 is 1.54 bits per heavy atom. The molecule has 13 heavy (non-hydrogen) atoms. The molecule has 0 atom stereocenters. The summed E-state index contributed by atoms with van der Waals surface area (Å²) in [7, 11) is 0. The van der Waals surface area contributed by atoms with Gasteiger partial charge in [-0.15, -0.1) is 0 Å². The van der Waals surface area contributed by atoms with Crippen molar-refractivity contribution in [1.82, 2.24) is 4.57 Å². The molecule has 0 N–H and O–H groups in total. The summed E-state index contributed by atoms with van der Waals surface area (Å²) in [5.41, 5.74) is 3.16. The number of aromatic nitrogens is 1. The van der Waals surface area contributed by atoms with Crippen molar-refractivity contribution in [2.75, 3.05) is 0 Å². The van der Waals surface area contributed by atoms with Crippen LogP contribution in [0.15, 0.2) is 6.07 Å². The van der Waals surface area contributed by atoms with Crippen LogP contribution in [-0.4, -0.2) is 10.9 Å². The van der Waals surface area contributed by atoms with E-state index in [1.165, 1.54) is 5.69 Å². The molecular formula is C11H17NO. The summed E-state index contributed by atoms with van der Waals surface area (Å²) >= 11 is 0. The Morgan fingerprint density at radius 2 is 2.15 bits per heavy atom. The third kappa shape index (κ3) is 1.67. The molecule has 0 bridgehead atoms. The molecule has 0 spiro atoms. The van der Waals surface area contributed by atoms with Crippen LogP contribution >= 0.6 is 0 Å². The monoisotopic (exact) mass is 179 g/mol. The van der Waals surface area contributed by atoms with Gasteiger partial charge in [-0.05, 0) is 25.8 Å². The largest absolute Gasteiger partial charge is 0.348 e. The van der Waals surface area contributed by atoms with Gasteiger partial charge in [0.15, 0.2) is 6.29 Å². The Balaban J connectivity index is 3.27. The highest BCUT2D eigenvalue weighted by Crippen LogP contribution is 2.21. The Kier molecular flexibility index (Phi) is 2.91. The Hall–Kier alpha value is -1.05. The third-order valence-electron chi connectivity index (χ3n) is 2.47. The van der Waals surface area contributed by atoms with E-state index in [0.717, 1.165) is 24.1 Å². The fraction of sp³-hybridized carbons (Fsp3) is 0.545. The van der Waals surface area contributed by atoms with Gasteiger partial charge in [0.2, 0.25) is 0 Å². The Labute approximate surface area is 79.6 Å². The SMILES string of the molecule is CCn1c(C(C)C)cc(C=O)c1C. The van der Waals surface area contributed by atoms with E-state index in [1.807, 2.05) is 13.0 Å². The number of aldehydes is 1. The van der Waals surface area contributed by atoms with E-state index >= 15 is 0 Å². The van der Waals surface area contributed by atoms with E-state index in [9.17, 15) is 4.79 Å². The molecule has 1 rings (SSSR count). The first kappa shape index (κ1) is 10.0. The fourth-order valence-corrected chi connectivity index (χ4v) is 1.71. The highest BCUT2D eigenvalue weighted by atomic mass is 16.1. The normalized spacial score (nSPS) is 10.8. The molecule has 0 saturated carbocycles. The van der Waals surface area contributed by atoms with Gasteiger partial charge in [0, 0.05) is 23.5 Å². The van der Waals surface area contributed by atoms with Crippen LogP contribution in [0.4, 0.5) is 0 Å². The van der Waals surface area contributed by atoms with Gasteiger partial charge < -0.3 is 4.57 Å². The molecular weight excluding hydrogens is 162 g/mol. The molecule has 0 aliphatic heterocycles. The average molecular weight is 179 g/mol. The van der Waals surface area contributed by atoms with Crippen molar-refractivity contribution in [3.63, 3.8) is 0 Å². The summed E-state index contributed by atoms with van der Waals surface area (Å²) in [6.45, 7) is 9.34. The summed E-state index contributed by atoms with van der Waals surface area (Å²) in [6, 6.07) is 2.00. The van der Waals surface area contributed by atoms with E-state index in [-0.39, 0.29) is 0 Å². The predicted octanol–water partition coefficient (Wildman–Crippen LogP) is 2.75. The molecule has 0 amide bonds. The van der Waals surface area contributed by atoms with Crippen molar-refractivity contribution < 1.29 is 4.79 Å². The summed E-state index contributed by atoms with van der Waals surface area (Å²) < 4.78 is 2.20. The topological polar surface area (TPSA) is 22.0 Å². The van der Waals surface area contributed by atoms with Crippen molar-refractivity contribution in [2.24, 2.45) is 0 Å². The minimum atomic E-state index is 0.479. The molecule has 0 radical (unpaired) electrons. The van der Waals surface area contributed by atoms with Crippen LogP contribution in [0.25, 0.3) is 0 Å². The molecule has 0 aromatic carbocycles. The average Bonchev–Trinajstić information content (AvgIpc) is 2.42. The maximum absolute atomic E-state index is 10.7. The van der Waals surface area contributed by atoms with Gasteiger partial charge in [-0.2, -0.15) is 0 Å². The van der Waals surface area contributed by atoms with Crippen LogP contribution in [0.2, 0.25) is 0 Å². The second-order valence-electron chi connectivity index (χ2n) is 3.63. The minimum absolute atomic E-state index is 0.479. The summed E-state index contributed by atoms with van der Waals surface area (Å²) in [4.78, 5) is 10.7. The van der Waals surface area contributed by atoms with E-state index in [4.69, 9.17) is 0 Å². The maximum atomic E-state index is 10.7. The molecule has 2 nitrogen and oxygen atoms in total. The smallest absolute Gasteiger partial charge is 0.151 e. The lowest BCUT2D eigenvalue weighted by Crippen LogP contribution is -2.03. The molecule has 0 unspecified atom stereocenters. The Bertz CT molecular complexity index is 310. The van der Waals surface area contributed by atoms with Gasteiger partial charge in [0.1, 0.15) is 0 Å². The molecule has 0 saturated heterocycles. The highest BCUT2D eigenvalue weighted by Gasteiger charge is 2.11.